The molecule has 0 radical (unpaired) electrons. The van der Waals surface area contributed by atoms with Gasteiger partial charge in [-0.15, -0.1) is 0 Å². The molecule has 0 aromatic heterocycles. The number of hydrogen-bond acceptors (Lipinski definition) is 3. The maximum absolute atomic E-state index is 13.8. The van der Waals surface area contributed by atoms with Crippen molar-refractivity contribution in [3.05, 3.63) is 28.0 Å². The highest BCUT2D eigenvalue weighted by Crippen LogP contribution is 2.26. The minimum absolute atomic E-state index is 0.138. The van der Waals surface area contributed by atoms with Gasteiger partial charge in [0.05, 0.1) is 21.6 Å². The number of benzene rings is 1. The van der Waals surface area contributed by atoms with Crippen LogP contribution in [0.15, 0.2) is 16.6 Å². The molecule has 1 atom stereocenters. The largest absolute Gasteiger partial charge is 0.481 e. The maximum Gasteiger partial charge on any atom is 0.306 e. The summed E-state index contributed by atoms with van der Waals surface area (Å²) in [4.78, 5) is 10.6. The third-order valence-corrected chi connectivity index (χ3v) is 3.53. The number of aliphatic carboxylic acids is 1. The Morgan fingerprint density at radius 3 is 2.89 bits per heavy atom. The number of carboxylic acids is 1. The first-order chi connectivity index (χ1) is 8.97. The Kier molecular flexibility index (Phi) is 5.77. The normalized spacial score (nSPS) is 11.7. The Labute approximate surface area is 119 Å². The minimum Gasteiger partial charge on any atom is -0.481 e. The summed E-state index contributed by atoms with van der Waals surface area (Å²) in [5.74, 6) is -1.74. The van der Waals surface area contributed by atoms with Crippen LogP contribution in [0.4, 0.5) is 10.1 Å². The van der Waals surface area contributed by atoms with E-state index in [1.54, 1.807) is 6.92 Å². The van der Waals surface area contributed by atoms with Crippen LogP contribution in [-0.4, -0.2) is 17.6 Å². The highest BCUT2D eigenvalue weighted by atomic mass is 79.9. The first kappa shape index (κ1) is 15.4. The van der Waals surface area contributed by atoms with Crippen molar-refractivity contribution in [2.24, 2.45) is 5.92 Å². The molecule has 0 aliphatic rings. The van der Waals surface area contributed by atoms with Crippen LogP contribution in [0.2, 0.25) is 0 Å². The Bertz CT molecular complexity index is 514. The lowest BCUT2D eigenvalue weighted by atomic mass is 10.1. The highest BCUT2D eigenvalue weighted by molar-refractivity contribution is 9.10. The zero-order chi connectivity index (χ0) is 14.4. The fourth-order valence-corrected chi connectivity index (χ4v) is 1.96. The van der Waals surface area contributed by atoms with Gasteiger partial charge in [0.25, 0.3) is 0 Å². The smallest absolute Gasteiger partial charge is 0.306 e. The van der Waals surface area contributed by atoms with Crippen LogP contribution in [0, 0.1) is 23.1 Å². The number of carbonyl (C=O) groups is 1. The summed E-state index contributed by atoms with van der Waals surface area (Å²) in [5.41, 5.74) is 0.538. The Hall–Kier alpha value is -1.61. The Morgan fingerprint density at radius 2 is 2.32 bits per heavy atom. The van der Waals surface area contributed by atoms with Crippen molar-refractivity contribution in [2.45, 2.75) is 19.8 Å². The maximum atomic E-state index is 13.8. The van der Waals surface area contributed by atoms with Crippen LogP contribution in [0.3, 0.4) is 0 Å². The first-order valence-corrected chi connectivity index (χ1v) is 6.61. The number of nitrogens with one attached hydrogen (secondary N) is 1. The van der Waals surface area contributed by atoms with E-state index in [1.807, 2.05) is 6.07 Å². The number of carboxylic acid groups (broad SMARTS) is 1. The van der Waals surface area contributed by atoms with Crippen LogP contribution in [0.1, 0.15) is 25.3 Å². The van der Waals surface area contributed by atoms with Crippen LogP contribution in [0.25, 0.3) is 0 Å². The molecule has 1 rings (SSSR count). The van der Waals surface area contributed by atoms with Crippen molar-refractivity contribution in [3.63, 3.8) is 0 Å². The molecule has 2 N–H and O–H groups in total. The van der Waals surface area contributed by atoms with E-state index in [0.717, 1.165) is 0 Å². The van der Waals surface area contributed by atoms with Crippen molar-refractivity contribution in [3.8, 4) is 6.07 Å². The number of nitriles is 1. The molecule has 0 aliphatic carbocycles. The van der Waals surface area contributed by atoms with Gasteiger partial charge in [0.15, 0.2) is 5.82 Å². The molecule has 0 spiro atoms. The van der Waals surface area contributed by atoms with Gasteiger partial charge in [-0.3, -0.25) is 4.79 Å². The van der Waals surface area contributed by atoms with Gasteiger partial charge in [0.2, 0.25) is 0 Å². The summed E-state index contributed by atoms with van der Waals surface area (Å²) in [6.45, 7) is 2.12. The summed E-state index contributed by atoms with van der Waals surface area (Å²) in [7, 11) is 0. The summed E-state index contributed by atoms with van der Waals surface area (Å²) in [5, 5.41) is 20.3. The van der Waals surface area contributed by atoms with Crippen molar-refractivity contribution < 1.29 is 14.3 Å². The molecule has 0 saturated carbocycles. The average molecular weight is 329 g/mol. The van der Waals surface area contributed by atoms with Gasteiger partial charge in [-0.2, -0.15) is 5.26 Å². The predicted octanol–water partition coefficient (Wildman–Crippen LogP) is 3.37. The number of halogens is 2. The van der Waals surface area contributed by atoms with Gasteiger partial charge < -0.3 is 10.4 Å². The van der Waals surface area contributed by atoms with Gasteiger partial charge in [0, 0.05) is 6.54 Å². The molecule has 0 fully saturated rings. The molecule has 0 bridgehead atoms. The van der Waals surface area contributed by atoms with E-state index in [9.17, 15) is 9.18 Å². The van der Waals surface area contributed by atoms with Crippen molar-refractivity contribution in [1.29, 1.82) is 5.26 Å². The molecule has 102 valence electrons. The van der Waals surface area contributed by atoms with Crippen LogP contribution >= 0.6 is 15.9 Å². The van der Waals surface area contributed by atoms with E-state index in [4.69, 9.17) is 10.4 Å². The van der Waals surface area contributed by atoms with E-state index < -0.39 is 17.7 Å². The SMILES string of the molecule is CC(CCCNc1ccc(C#N)c(Br)c1F)C(=O)O. The van der Waals surface area contributed by atoms with Crippen LogP contribution in [0.5, 0.6) is 0 Å². The molecule has 1 unspecified atom stereocenters. The molecule has 0 heterocycles. The van der Waals surface area contributed by atoms with Gasteiger partial charge >= 0.3 is 5.97 Å². The third-order valence-electron chi connectivity index (χ3n) is 2.75. The van der Waals surface area contributed by atoms with Gasteiger partial charge in [-0.05, 0) is 40.9 Å². The lowest BCUT2D eigenvalue weighted by Crippen LogP contribution is -2.12. The van der Waals surface area contributed by atoms with E-state index in [2.05, 4.69) is 21.2 Å². The average Bonchev–Trinajstić information content (AvgIpc) is 2.39. The summed E-state index contributed by atoms with van der Waals surface area (Å²) >= 11 is 3.03. The lowest BCUT2D eigenvalue weighted by molar-refractivity contribution is -0.141. The summed E-state index contributed by atoms with van der Waals surface area (Å²) in [6.07, 6.45) is 1.16. The monoisotopic (exact) mass is 328 g/mol. The molecule has 1 aromatic rings. The molecule has 0 saturated heterocycles. The second kappa shape index (κ2) is 7.10. The van der Waals surface area contributed by atoms with Gasteiger partial charge in [-0.25, -0.2) is 4.39 Å². The van der Waals surface area contributed by atoms with E-state index in [1.165, 1.54) is 12.1 Å². The van der Waals surface area contributed by atoms with Crippen molar-refractivity contribution in [1.82, 2.24) is 0 Å². The Balaban J connectivity index is 2.53. The van der Waals surface area contributed by atoms with Gasteiger partial charge in [-0.1, -0.05) is 6.92 Å². The summed E-state index contributed by atoms with van der Waals surface area (Å²) in [6, 6.07) is 4.90. The number of hydrogen-bond donors (Lipinski definition) is 2. The van der Waals surface area contributed by atoms with Crippen LogP contribution < -0.4 is 5.32 Å². The fraction of sp³-hybridized carbons (Fsp3) is 0.385. The molecular formula is C13H14BrFN2O2. The molecular weight excluding hydrogens is 315 g/mol. The highest BCUT2D eigenvalue weighted by Gasteiger charge is 2.12. The second-order valence-corrected chi connectivity index (χ2v) is 5.00. The topological polar surface area (TPSA) is 73.1 Å². The second-order valence-electron chi connectivity index (χ2n) is 4.21. The van der Waals surface area contributed by atoms with E-state index >= 15 is 0 Å². The summed E-state index contributed by atoms with van der Waals surface area (Å²) < 4.78 is 13.9. The quantitative estimate of drug-likeness (QED) is 0.785. The molecule has 0 amide bonds. The number of anilines is 1. The molecule has 4 nitrogen and oxygen atoms in total. The minimum atomic E-state index is -0.827. The van der Waals surface area contributed by atoms with Crippen molar-refractivity contribution in [2.75, 3.05) is 11.9 Å². The predicted molar refractivity (Wildman–Crippen MR) is 73.3 cm³/mol. The first-order valence-electron chi connectivity index (χ1n) is 5.82. The molecule has 6 heteroatoms. The zero-order valence-corrected chi connectivity index (χ0v) is 12.0. The van der Waals surface area contributed by atoms with Crippen LogP contribution in [-0.2, 0) is 4.79 Å². The number of rotatable bonds is 6. The van der Waals surface area contributed by atoms with E-state index in [0.29, 0.717) is 25.1 Å². The standard InChI is InChI=1S/C13H14BrFN2O2/c1-8(13(18)19)3-2-6-17-10-5-4-9(7-16)11(14)12(10)15/h4-5,8,17H,2-3,6H2,1H3,(H,18,19). The Morgan fingerprint density at radius 1 is 1.63 bits per heavy atom. The third kappa shape index (κ3) is 4.21. The molecule has 19 heavy (non-hydrogen) atoms. The molecule has 0 aliphatic heterocycles. The fourth-order valence-electron chi connectivity index (χ4n) is 1.53. The van der Waals surface area contributed by atoms with E-state index in [-0.39, 0.29) is 10.0 Å². The molecule has 1 aromatic carbocycles. The number of nitrogens with zero attached hydrogens (tertiary/aromatic N) is 1. The van der Waals surface area contributed by atoms with Gasteiger partial charge in [0.1, 0.15) is 6.07 Å². The lowest BCUT2D eigenvalue weighted by Gasteiger charge is -2.10. The zero-order valence-electron chi connectivity index (χ0n) is 10.4. The van der Waals surface area contributed by atoms with Crippen molar-refractivity contribution >= 4 is 27.6 Å².